The van der Waals surface area contributed by atoms with Crippen LogP contribution in [0.2, 0.25) is 0 Å². The molecule has 3 heterocycles. The number of hydrogen-bond donors (Lipinski definition) is 2. The summed E-state index contributed by atoms with van der Waals surface area (Å²) in [4.78, 5) is 18.9. The van der Waals surface area contributed by atoms with Crippen LogP contribution in [0.5, 0.6) is 0 Å². The highest BCUT2D eigenvalue weighted by Gasteiger charge is 2.17. The smallest absolute Gasteiger partial charge is 0.160 e. The van der Waals surface area contributed by atoms with Gasteiger partial charge in [0.2, 0.25) is 0 Å². The number of amidine groups is 1. The van der Waals surface area contributed by atoms with Gasteiger partial charge >= 0.3 is 0 Å². The quantitative estimate of drug-likeness (QED) is 0.835. The van der Waals surface area contributed by atoms with Gasteiger partial charge in [-0.25, -0.2) is 20.4 Å². The summed E-state index contributed by atoms with van der Waals surface area (Å²) < 4.78 is 0. The average Bonchev–Trinajstić information content (AvgIpc) is 2.75. The van der Waals surface area contributed by atoms with Gasteiger partial charge in [-0.3, -0.25) is 0 Å². The van der Waals surface area contributed by atoms with Crippen molar-refractivity contribution in [1.82, 2.24) is 25.7 Å². The molecule has 1 aromatic heterocycles. The van der Waals surface area contributed by atoms with Crippen molar-refractivity contribution in [3.8, 4) is 0 Å². The van der Waals surface area contributed by atoms with Gasteiger partial charge < -0.3 is 15.2 Å². The molecule has 2 fully saturated rings. The van der Waals surface area contributed by atoms with Crippen LogP contribution < -0.4 is 15.8 Å². The molecule has 7 nitrogen and oxygen atoms in total. The molecule has 0 bridgehead atoms. The van der Waals surface area contributed by atoms with Gasteiger partial charge in [0.25, 0.3) is 0 Å². The molecule has 2 aliphatic heterocycles. The Morgan fingerprint density at radius 1 is 1.07 bits per heavy atom. The van der Waals surface area contributed by atoms with Crippen molar-refractivity contribution >= 4 is 29.6 Å². The van der Waals surface area contributed by atoms with Crippen molar-refractivity contribution in [2.45, 2.75) is 25.8 Å². The third-order valence-electron chi connectivity index (χ3n) is 5.29. The van der Waals surface area contributed by atoms with Crippen molar-refractivity contribution in [3.63, 3.8) is 0 Å². The lowest BCUT2D eigenvalue weighted by atomic mass is 10.1. The maximum atomic E-state index is 4.81. The second kappa shape index (κ2) is 9.15. The largest absolute Gasteiger partial charge is 0.354 e. The first-order valence-electron chi connectivity index (χ1n) is 10.3. The molecule has 0 radical (unpaired) electrons. The Balaban J connectivity index is 1.62. The number of anilines is 1. The summed E-state index contributed by atoms with van der Waals surface area (Å²) in [6, 6.07) is 12.7. The molecule has 0 amide bonds. The Morgan fingerprint density at radius 3 is 2.59 bits per heavy atom. The van der Waals surface area contributed by atoms with Crippen LogP contribution >= 0.6 is 0 Å². The first-order valence-corrected chi connectivity index (χ1v) is 10.3. The molecular weight excluding hydrogens is 362 g/mol. The van der Waals surface area contributed by atoms with Gasteiger partial charge in [-0.05, 0) is 32.0 Å². The van der Waals surface area contributed by atoms with Crippen molar-refractivity contribution in [1.29, 1.82) is 0 Å². The van der Waals surface area contributed by atoms with Gasteiger partial charge in [0.15, 0.2) is 11.6 Å². The van der Waals surface area contributed by atoms with E-state index in [2.05, 4.69) is 51.7 Å². The van der Waals surface area contributed by atoms with Gasteiger partial charge in [0.1, 0.15) is 11.7 Å². The maximum absolute atomic E-state index is 4.81. The molecule has 29 heavy (non-hydrogen) atoms. The van der Waals surface area contributed by atoms with Crippen LogP contribution in [0.3, 0.4) is 0 Å². The third-order valence-corrected chi connectivity index (χ3v) is 5.29. The summed E-state index contributed by atoms with van der Waals surface area (Å²) in [5.74, 6) is 3.24. The SMILES string of the molecule is CC1CC/C(=N\c2cc(N3CCN(C)CC3)nc(/C=C/c3ccccc3)n2)NN1. The number of aromatic nitrogens is 2. The first kappa shape index (κ1) is 19.5. The molecule has 1 aromatic carbocycles. The van der Waals surface area contributed by atoms with E-state index in [0.29, 0.717) is 17.7 Å². The number of piperazine rings is 1. The van der Waals surface area contributed by atoms with Crippen LogP contribution in [0.1, 0.15) is 31.2 Å². The number of likely N-dealkylation sites (N-methyl/N-ethyl adjacent to an activating group) is 1. The summed E-state index contributed by atoms with van der Waals surface area (Å²) in [7, 11) is 2.16. The third kappa shape index (κ3) is 5.40. The maximum Gasteiger partial charge on any atom is 0.160 e. The van der Waals surface area contributed by atoms with E-state index in [9.17, 15) is 0 Å². The molecule has 0 aliphatic carbocycles. The van der Waals surface area contributed by atoms with E-state index in [0.717, 1.165) is 56.2 Å². The van der Waals surface area contributed by atoms with Crippen LogP contribution in [0.15, 0.2) is 41.4 Å². The minimum Gasteiger partial charge on any atom is -0.354 e. The van der Waals surface area contributed by atoms with Crippen molar-refractivity contribution in [2.75, 3.05) is 38.1 Å². The van der Waals surface area contributed by atoms with E-state index in [1.807, 2.05) is 36.4 Å². The van der Waals surface area contributed by atoms with Crippen LogP contribution in [0, 0.1) is 0 Å². The molecule has 2 saturated heterocycles. The Kier molecular flexibility index (Phi) is 6.17. The van der Waals surface area contributed by atoms with Crippen LogP contribution in [-0.4, -0.2) is 60.0 Å². The minimum absolute atomic E-state index is 0.449. The fourth-order valence-electron chi connectivity index (χ4n) is 3.42. The van der Waals surface area contributed by atoms with Crippen LogP contribution in [0.25, 0.3) is 12.2 Å². The molecule has 2 N–H and O–H groups in total. The number of nitrogens with zero attached hydrogens (tertiary/aromatic N) is 5. The molecule has 4 rings (SSSR count). The van der Waals surface area contributed by atoms with E-state index in [-0.39, 0.29) is 0 Å². The molecule has 2 aliphatic rings. The van der Waals surface area contributed by atoms with Crippen molar-refractivity contribution < 1.29 is 0 Å². The highest BCUT2D eigenvalue weighted by molar-refractivity contribution is 5.84. The van der Waals surface area contributed by atoms with Gasteiger partial charge in [0.05, 0.1) is 0 Å². The molecular formula is C22H29N7. The Bertz CT molecular complexity index is 860. The molecule has 7 heteroatoms. The minimum atomic E-state index is 0.449. The molecule has 0 spiro atoms. The monoisotopic (exact) mass is 391 g/mol. The number of hydrogen-bond acceptors (Lipinski definition) is 6. The number of rotatable bonds is 4. The zero-order valence-electron chi connectivity index (χ0n) is 17.2. The average molecular weight is 392 g/mol. The predicted molar refractivity (Wildman–Crippen MR) is 119 cm³/mol. The molecule has 152 valence electrons. The second-order valence-electron chi connectivity index (χ2n) is 7.74. The summed E-state index contributed by atoms with van der Waals surface area (Å²) in [5, 5.41) is 0. The van der Waals surface area contributed by atoms with E-state index in [1.165, 1.54) is 0 Å². The zero-order chi connectivity index (χ0) is 20.1. The Hall–Kier alpha value is -2.77. The molecule has 1 unspecified atom stereocenters. The predicted octanol–water partition coefficient (Wildman–Crippen LogP) is 2.71. The van der Waals surface area contributed by atoms with Crippen LogP contribution in [-0.2, 0) is 0 Å². The molecule has 0 saturated carbocycles. The lowest BCUT2D eigenvalue weighted by Crippen LogP contribution is -2.47. The summed E-state index contributed by atoms with van der Waals surface area (Å²) >= 11 is 0. The van der Waals surface area contributed by atoms with E-state index in [1.54, 1.807) is 0 Å². The fraction of sp³-hybridized carbons (Fsp3) is 0.409. The standard InChI is InChI=1S/C22H29N7/c1-17-8-10-20(27-26-17)24-21-16-22(29-14-12-28(2)13-15-29)25-19(23-21)11-9-18-6-4-3-5-7-18/h3-7,9,11,16-17,26H,8,10,12-15H2,1-2H3,(H,23,24,25,27)/b11-9+. The summed E-state index contributed by atoms with van der Waals surface area (Å²) in [6.45, 7) is 6.15. The van der Waals surface area contributed by atoms with Gasteiger partial charge in [0, 0.05) is 44.7 Å². The van der Waals surface area contributed by atoms with E-state index >= 15 is 0 Å². The van der Waals surface area contributed by atoms with Gasteiger partial charge in [-0.1, -0.05) is 36.4 Å². The summed E-state index contributed by atoms with van der Waals surface area (Å²) in [6.07, 6.45) is 5.98. The second-order valence-corrected chi connectivity index (χ2v) is 7.74. The summed E-state index contributed by atoms with van der Waals surface area (Å²) in [5.41, 5.74) is 7.57. The van der Waals surface area contributed by atoms with Crippen LogP contribution in [0.4, 0.5) is 11.6 Å². The number of nitrogens with one attached hydrogen (secondary N) is 2. The van der Waals surface area contributed by atoms with Gasteiger partial charge in [-0.15, -0.1) is 0 Å². The number of aliphatic imine (C=N–C) groups is 1. The Labute approximate surface area is 172 Å². The van der Waals surface area contributed by atoms with Gasteiger partial charge in [-0.2, -0.15) is 0 Å². The Morgan fingerprint density at radius 2 is 1.86 bits per heavy atom. The number of benzene rings is 1. The highest BCUT2D eigenvalue weighted by Crippen LogP contribution is 2.21. The lowest BCUT2D eigenvalue weighted by molar-refractivity contribution is 0.312. The fourth-order valence-corrected chi connectivity index (χ4v) is 3.42. The molecule has 2 aromatic rings. The normalized spacial score (nSPS) is 22.2. The highest BCUT2D eigenvalue weighted by atomic mass is 15.4. The molecule has 1 atom stereocenters. The topological polar surface area (TPSA) is 68.7 Å². The first-order chi connectivity index (χ1) is 14.2. The van der Waals surface area contributed by atoms with Crippen molar-refractivity contribution in [2.24, 2.45) is 4.99 Å². The van der Waals surface area contributed by atoms with Crippen molar-refractivity contribution in [3.05, 3.63) is 47.8 Å². The van der Waals surface area contributed by atoms with E-state index in [4.69, 9.17) is 9.98 Å². The van der Waals surface area contributed by atoms with E-state index < -0.39 is 0 Å². The lowest BCUT2D eigenvalue weighted by Gasteiger charge is -2.33. The zero-order valence-corrected chi connectivity index (χ0v) is 17.2. The number of hydrazine groups is 1.